The highest BCUT2D eigenvalue weighted by Gasteiger charge is 2.14. The molecule has 0 spiro atoms. The molecule has 3 nitrogen and oxygen atoms in total. The van der Waals surface area contributed by atoms with Gasteiger partial charge in [-0.25, -0.2) is 8.78 Å². The molecule has 1 aromatic rings. The zero-order valence-electron chi connectivity index (χ0n) is 11.8. The molecule has 0 bridgehead atoms. The molecule has 1 aliphatic rings. The SMILES string of the molecule is Fc1ccc(NC(=S)NCCCOC2CCCC2)cc1F. The van der Waals surface area contributed by atoms with Gasteiger partial charge in [-0.3, -0.25) is 0 Å². The van der Waals surface area contributed by atoms with E-state index in [1.807, 2.05) is 0 Å². The van der Waals surface area contributed by atoms with Crippen LogP contribution in [-0.2, 0) is 4.74 Å². The maximum atomic E-state index is 13.0. The van der Waals surface area contributed by atoms with Crippen LogP contribution in [0.5, 0.6) is 0 Å². The standard InChI is InChI=1S/C15H20F2N2OS/c16-13-7-6-11(10-14(13)17)19-15(21)18-8-3-9-20-12-4-1-2-5-12/h6-7,10,12H,1-5,8-9H2,(H2,18,19,21). The van der Waals surface area contributed by atoms with Crippen molar-refractivity contribution in [1.82, 2.24) is 5.32 Å². The van der Waals surface area contributed by atoms with Crippen LogP contribution in [0.25, 0.3) is 0 Å². The Morgan fingerprint density at radius 3 is 2.71 bits per heavy atom. The van der Waals surface area contributed by atoms with E-state index in [4.69, 9.17) is 17.0 Å². The first-order chi connectivity index (χ1) is 10.1. The Bertz CT molecular complexity index is 479. The number of benzene rings is 1. The fourth-order valence-corrected chi connectivity index (χ4v) is 2.55. The molecule has 0 unspecified atom stereocenters. The molecule has 2 N–H and O–H groups in total. The number of hydrogen-bond donors (Lipinski definition) is 2. The van der Waals surface area contributed by atoms with Crippen LogP contribution in [0, 0.1) is 11.6 Å². The maximum absolute atomic E-state index is 13.0. The van der Waals surface area contributed by atoms with Crippen molar-refractivity contribution in [2.45, 2.75) is 38.2 Å². The summed E-state index contributed by atoms with van der Waals surface area (Å²) in [5.74, 6) is -1.77. The number of halogens is 2. The summed E-state index contributed by atoms with van der Waals surface area (Å²) in [5, 5.41) is 6.22. The Kier molecular flexibility index (Phi) is 6.32. The molecule has 0 aromatic heterocycles. The van der Waals surface area contributed by atoms with Gasteiger partial charge in [-0.05, 0) is 43.6 Å². The molecule has 1 aromatic carbocycles. The molecule has 1 aliphatic carbocycles. The van der Waals surface area contributed by atoms with E-state index in [1.165, 1.54) is 31.7 Å². The average Bonchev–Trinajstić information content (AvgIpc) is 2.96. The van der Waals surface area contributed by atoms with Crippen molar-refractivity contribution in [3.8, 4) is 0 Å². The third-order valence-corrected chi connectivity index (χ3v) is 3.69. The molecular weight excluding hydrogens is 294 g/mol. The van der Waals surface area contributed by atoms with Gasteiger partial charge >= 0.3 is 0 Å². The molecule has 1 fully saturated rings. The second-order valence-corrected chi connectivity index (χ2v) is 5.55. The quantitative estimate of drug-likeness (QED) is 0.621. The van der Waals surface area contributed by atoms with E-state index < -0.39 is 11.6 Å². The van der Waals surface area contributed by atoms with Crippen molar-refractivity contribution in [2.24, 2.45) is 0 Å². The van der Waals surface area contributed by atoms with Crippen LogP contribution in [0.3, 0.4) is 0 Å². The van der Waals surface area contributed by atoms with Crippen molar-refractivity contribution in [1.29, 1.82) is 0 Å². The van der Waals surface area contributed by atoms with Gasteiger partial charge in [0.15, 0.2) is 16.7 Å². The van der Waals surface area contributed by atoms with Crippen LogP contribution in [0.1, 0.15) is 32.1 Å². The van der Waals surface area contributed by atoms with Crippen molar-refractivity contribution in [3.63, 3.8) is 0 Å². The van der Waals surface area contributed by atoms with Crippen LogP contribution >= 0.6 is 12.2 Å². The van der Waals surface area contributed by atoms with Gasteiger partial charge in [0, 0.05) is 24.9 Å². The number of ether oxygens (including phenoxy) is 1. The minimum Gasteiger partial charge on any atom is -0.378 e. The monoisotopic (exact) mass is 314 g/mol. The number of nitrogens with one attached hydrogen (secondary N) is 2. The lowest BCUT2D eigenvalue weighted by molar-refractivity contribution is 0.0574. The molecule has 0 atom stereocenters. The fourth-order valence-electron chi connectivity index (χ4n) is 2.33. The average molecular weight is 314 g/mol. The molecule has 2 rings (SSSR count). The molecule has 21 heavy (non-hydrogen) atoms. The van der Waals surface area contributed by atoms with Crippen molar-refractivity contribution >= 4 is 23.0 Å². The molecule has 0 heterocycles. The largest absolute Gasteiger partial charge is 0.378 e. The molecule has 0 aliphatic heterocycles. The number of anilines is 1. The summed E-state index contributed by atoms with van der Waals surface area (Å²) < 4.78 is 31.6. The van der Waals surface area contributed by atoms with E-state index in [2.05, 4.69) is 10.6 Å². The highest BCUT2D eigenvalue weighted by Crippen LogP contribution is 2.20. The molecule has 116 valence electrons. The first-order valence-corrected chi connectivity index (χ1v) is 7.67. The molecular formula is C15H20F2N2OS. The van der Waals surface area contributed by atoms with Crippen LogP contribution in [0.15, 0.2) is 18.2 Å². The summed E-state index contributed by atoms with van der Waals surface area (Å²) in [5.41, 5.74) is 0.425. The van der Waals surface area contributed by atoms with Crippen molar-refractivity contribution in [2.75, 3.05) is 18.5 Å². The highest BCUT2D eigenvalue weighted by molar-refractivity contribution is 7.80. The summed E-state index contributed by atoms with van der Waals surface area (Å²) in [7, 11) is 0. The van der Waals surface area contributed by atoms with Gasteiger partial charge < -0.3 is 15.4 Å². The second kappa shape index (κ2) is 8.24. The first-order valence-electron chi connectivity index (χ1n) is 7.26. The summed E-state index contributed by atoms with van der Waals surface area (Å²) in [6, 6.07) is 3.58. The van der Waals surface area contributed by atoms with Crippen molar-refractivity contribution < 1.29 is 13.5 Å². The van der Waals surface area contributed by atoms with Gasteiger partial charge in [0.1, 0.15) is 0 Å². The highest BCUT2D eigenvalue weighted by atomic mass is 32.1. The Balaban J connectivity index is 1.59. The van der Waals surface area contributed by atoms with Crippen LogP contribution in [0.2, 0.25) is 0 Å². The maximum Gasteiger partial charge on any atom is 0.170 e. The Hall–Kier alpha value is -1.27. The third kappa shape index (κ3) is 5.55. The van der Waals surface area contributed by atoms with Gasteiger partial charge in [0.05, 0.1) is 6.10 Å². The van der Waals surface area contributed by atoms with E-state index in [0.717, 1.165) is 18.6 Å². The third-order valence-electron chi connectivity index (χ3n) is 3.44. The molecule has 0 saturated heterocycles. The predicted octanol–water partition coefficient (Wildman–Crippen LogP) is 3.60. The molecule has 0 amide bonds. The minimum atomic E-state index is -0.896. The zero-order chi connectivity index (χ0) is 15.1. The smallest absolute Gasteiger partial charge is 0.170 e. The predicted molar refractivity (Wildman–Crippen MR) is 83.4 cm³/mol. The summed E-state index contributed by atoms with van der Waals surface area (Å²) in [6.07, 6.45) is 6.16. The van der Waals surface area contributed by atoms with E-state index in [-0.39, 0.29) is 0 Å². The normalized spacial score (nSPS) is 15.1. The zero-order valence-corrected chi connectivity index (χ0v) is 12.6. The summed E-state index contributed by atoms with van der Waals surface area (Å²) in [4.78, 5) is 0. The van der Waals surface area contributed by atoms with Crippen molar-refractivity contribution in [3.05, 3.63) is 29.8 Å². The second-order valence-electron chi connectivity index (χ2n) is 5.14. The lowest BCUT2D eigenvalue weighted by Gasteiger charge is -2.13. The van der Waals surface area contributed by atoms with Gasteiger partial charge in [-0.1, -0.05) is 12.8 Å². The van der Waals surface area contributed by atoms with Gasteiger partial charge in [0.2, 0.25) is 0 Å². The van der Waals surface area contributed by atoms with E-state index in [9.17, 15) is 8.78 Å². The lowest BCUT2D eigenvalue weighted by atomic mass is 10.3. The fraction of sp³-hybridized carbons (Fsp3) is 0.533. The summed E-state index contributed by atoms with van der Waals surface area (Å²) in [6.45, 7) is 1.40. The molecule has 6 heteroatoms. The van der Waals surface area contributed by atoms with Crippen LogP contribution in [0.4, 0.5) is 14.5 Å². The first kappa shape index (κ1) is 16.1. The van der Waals surface area contributed by atoms with Crippen LogP contribution in [-0.4, -0.2) is 24.4 Å². The van der Waals surface area contributed by atoms with E-state index >= 15 is 0 Å². The summed E-state index contributed by atoms with van der Waals surface area (Å²) >= 11 is 5.09. The number of hydrogen-bond acceptors (Lipinski definition) is 2. The Morgan fingerprint density at radius 2 is 2.00 bits per heavy atom. The lowest BCUT2D eigenvalue weighted by Crippen LogP contribution is -2.30. The molecule has 1 saturated carbocycles. The number of rotatable bonds is 6. The molecule has 0 radical (unpaired) electrons. The van der Waals surface area contributed by atoms with E-state index in [1.54, 1.807) is 0 Å². The van der Waals surface area contributed by atoms with Gasteiger partial charge in [-0.2, -0.15) is 0 Å². The minimum absolute atomic E-state index is 0.391. The van der Waals surface area contributed by atoms with E-state index in [0.29, 0.717) is 30.1 Å². The van der Waals surface area contributed by atoms with Crippen LogP contribution < -0.4 is 10.6 Å². The Morgan fingerprint density at radius 1 is 1.24 bits per heavy atom. The van der Waals surface area contributed by atoms with Gasteiger partial charge in [0.25, 0.3) is 0 Å². The Labute approximate surface area is 129 Å². The van der Waals surface area contributed by atoms with Gasteiger partial charge in [-0.15, -0.1) is 0 Å². The topological polar surface area (TPSA) is 33.3 Å². The number of thiocarbonyl (C=S) groups is 1.